The molecule has 1 unspecified atom stereocenters. The molecule has 0 saturated heterocycles. The Hall–Kier alpha value is -2.30. The van der Waals surface area contributed by atoms with Gasteiger partial charge in [0.2, 0.25) is 0 Å². The van der Waals surface area contributed by atoms with Crippen LogP contribution in [-0.2, 0) is 41.8 Å². The molecule has 0 aromatic carbocycles. The molecule has 0 bridgehead atoms. The predicted molar refractivity (Wildman–Crippen MR) is 229 cm³/mol. The molecule has 0 saturated carbocycles. The molecule has 0 aliphatic carbocycles. The maximum absolute atomic E-state index is 12.7. The number of phosphoric ester groups is 2. The number of unbranched alkanes of at least 4 members (excludes halogenated alkanes) is 11. The molecule has 0 aromatic heterocycles. The van der Waals surface area contributed by atoms with Crippen molar-refractivity contribution in [1.29, 1.82) is 0 Å². The maximum Gasteiger partial charge on any atom is 0.472 e. The molecule has 0 aliphatic heterocycles. The number of rotatable bonds is 39. The fourth-order valence-electron chi connectivity index (χ4n) is 5.31. The van der Waals surface area contributed by atoms with E-state index in [4.69, 9.17) is 23.8 Å². The summed E-state index contributed by atoms with van der Waals surface area (Å²) in [6.07, 6.45) is 27.3. The standard InChI is InChI=1S/C42H74O16P2/c1-3-5-7-8-9-10-11-12-13-14-15-20-24-30-41(47)54-34-38(35-57-60(52,53)56-33-37(44)32-55-59(49,50)51)58-42(48)31-25-29-40(46)39(45)28-23-19-17-16-18-22-27-36(43)26-21-6-4-2/h10-11,16-19,22-23,27-28,36-40,43-46H,3-9,12-15,20-21,24-26,29-35H2,1-2H3,(H,52,53)(H2,49,50,51)/b11-10-,18-16-,19-17+,27-22+,28-23+/t36-,37-,38+,39-,40-/m0/s1. The van der Waals surface area contributed by atoms with Crippen LogP contribution in [0.4, 0.5) is 0 Å². The van der Waals surface area contributed by atoms with Gasteiger partial charge < -0.3 is 44.6 Å². The van der Waals surface area contributed by atoms with Gasteiger partial charge in [0.25, 0.3) is 0 Å². The van der Waals surface area contributed by atoms with Crippen molar-refractivity contribution in [3.05, 3.63) is 60.8 Å². The van der Waals surface area contributed by atoms with Gasteiger partial charge >= 0.3 is 27.6 Å². The van der Waals surface area contributed by atoms with Crippen molar-refractivity contribution in [3.8, 4) is 0 Å². The molecule has 0 heterocycles. The van der Waals surface area contributed by atoms with E-state index in [1.807, 2.05) is 0 Å². The van der Waals surface area contributed by atoms with E-state index in [9.17, 15) is 44.0 Å². The Kier molecular flexibility index (Phi) is 35.8. The Morgan fingerprint density at radius 3 is 1.75 bits per heavy atom. The van der Waals surface area contributed by atoms with Crippen LogP contribution in [0, 0.1) is 0 Å². The Labute approximate surface area is 357 Å². The fourth-order valence-corrected chi connectivity index (χ4v) is 6.47. The summed E-state index contributed by atoms with van der Waals surface area (Å²) in [6, 6.07) is 0. The summed E-state index contributed by atoms with van der Waals surface area (Å²) in [5.41, 5.74) is 0. The number of aliphatic hydroxyl groups is 4. The van der Waals surface area contributed by atoms with Crippen molar-refractivity contribution >= 4 is 27.6 Å². The fraction of sp³-hybridized carbons (Fsp3) is 0.714. The SMILES string of the molecule is CCCCCC/C=C\CCCCCCCC(=O)OC[C@H](COP(=O)(O)OC[C@@H](O)COP(=O)(O)O)OC(=O)CCC[C@H](O)[C@@H](O)/C=C/C=C/C=C\C=C\[C@@H](O)CCCCC. The average Bonchev–Trinajstić information content (AvgIpc) is 3.19. The number of esters is 2. The molecule has 60 heavy (non-hydrogen) atoms. The van der Waals surface area contributed by atoms with Gasteiger partial charge in [0.1, 0.15) is 12.7 Å². The lowest BCUT2D eigenvalue weighted by Gasteiger charge is -2.21. The number of carbonyl (C=O) groups excluding carboxylic acids is 2. The van der Waals surface area contributed by atoms with Gasteiger partial charge in [-0.2, -0.15) is 0 Å². The highest BCUT2D eigenvalue weighted by Crippen LogP contribution is 2.43. The molecule has 18 heteroatoms. The molecule has 0 spiro atoms. The minimum absolute atomic E-state index is 0.0231. The monoisotopic (exact) mass is 896 g/mol. The lowest BCUT2D eigenvalue weighted by molar-refractivity contribution is -0.161. The van der Waals surface area contributed by atoms with Crippen LogP contribution in [-0.4, -0.2) is 104 Å². The van der Waals surface area contributed by atoms with Crippen LogP contribution >= 0.6 is 15.6 Å². The minimum Gasteiger partial charge on any atom is -0.462 e. The smallest absolute Gasteiger partial charge is 0.462 e. The van der Waals surface area contributed by atoms with Gasteiger partial charge in [-0.3, -0.25) is 23.2 Å². The zero-order valence-electron chi connectivity index (χ0n) is 35.6. The third kappa shape index (κ3) is 38.6. The van der Waals surface area contributed by atoms with E-state index in [0.717, 1.165) is 57.8 Å². The summed E-state index contributed by atoms with van der Waals surface area (Å²) in [5, 5.41) is 40.2. The topological polar surface area (TPSA) is 256 Å². The molecular weight excluding hydrogens is 822 g/mol. The first-order chi connectivity index (χ1) is 28.6. The predicted octanol–water partition coefficient (Wildman–Crippen LogP) is 7.36. The Morgan fingerprint density at radius 1 is 0.567 bits per heavy atom. The molecular formula is C42H74O16P2. The molecule has 348 valence electrons. The highest BCUT2D eigenvalue weighted by Gasteiger charge is 2.28. The molecule has 0 radical (unpaired) electrons. The highest BCUT2D eigenvalue weighted by atomic mass is 31.2. The van der Waals surface area contributed by atoms with Crippen LogP contribution in [0.3, 0.4) is 0 Å². The molecule has 0 fully saturated rings. The summed E-state index contributed by atoms with van der Waals surface area (Å²) < 4.78 is 47.4. The molecule has 0 aliphatic rings. The summed E-state index contributed by atoms with van der Waals surface area (Å²) in [4.78, 5) is 52.7. The van der Waals surface area contributed by atoms with Gasteiger partial charge in [-0.1, -0.05) is 132 Å². The lowest BCUT2D eigenvalue weighted by atomic mass is 10.1. The average molecular weight is 897 g/mol. The normalized spacial score (nSPS) is 16.2. The second-order valence-electron chi connectivity index (χ2n) is 14.5. The number of ether oxygens (including phenoxy) is 2. The molecule has 0 rings (SSSR count). The largest absolute Gasteiger partial charge is 0.472 e. The van der Waals surface area contributed by atoms with Crippen molar-refractivity contribution in [2.75, 3.05) is 26.4 Å². The van der Waals surface area contributed by atoms with Crippen LogP contribution < -0.4 is 0 Å². The molecule has 16 nitrogen and oxygen atoms in total. The third-order valence-corrected chi connectivity index (χ3v) is 10.2. The highest BCUT2D eigenvalue weighted by molar-refractivity contribution is 7.47. The summed E-state index contributed by atoms with van der Waals surface area (Å²) in [7, 11) is -9.81. The van der Waals surface area contributed by atoms with Gasteiger partial charge in [-0.25, -0.2) is 9.13 Å². The second-order valence-corrected chi connectivity index (χ2v) is 17.2. The number of phosphoric acid groups is 2. The van der Waals surface area contributed by atoms with Crippen molar-refractivity contribution in [1.82, 2.24) is 0 Å². The number of aliphatic hydroxyl groups excluding tert-OH is 4. The zero-order valence-corrected chi connectivity index (χ0v) is 37.4. The maximum atomic E-state index is 12.7. The molecule has 6 atom stereocenters. The van der Waals surface area contributed by atoms with Gasteiger partial charge in [0, 0.05) is 12.8 Å². The molecule has 0 amide bonds. The summed E-state index contributed by atoms with van der Waals surface area (Å²) in [5.74, 6) is -1.38. The van der Waals surface area contributed by atoms with Crippen molar-refractivity contribution in [2.45, 2.75) is 166 Å². The van der Waals surface area contributed by atoms with Gasteiger partial charge in [0.15, 0.2) is 6.10 Å². The quantitative estimate of drug-likeness (QED) is 0.0105. The van der Waals surface area contributed by atoms with Gasteiger partial charge in [0.05, 0.1) is 38.1 Å². The Balaban J connectivity index is 4.90. The number of allylic oxidation sites excluding steroid dienone is 8. The summed E-state index contributed by atoms with van der Waals surface area (Å²) in [6.45, 7) is 1.22. The first kappa shape index (κ1) is 57.7. The van der Waals surface area contributed by atoms with E-state index in [0.29, 0.717) is 12.8 Å². The van der Waals surface area contributed by atoms with Crippen molar-refractivity contribution < 1.29 is 76.9 Å². The Morgan fingerprint density at radius 2 is 1.10 bits per heavy atom. The van der Waals surface area contributed by atoms with Crippen LogP contribution in [0.1, 0.15) is 136 Å². The zero-order chi connectivity index (χ0) is 44.9. The van der Waals surface area contributed by atoms with E-state index < -0.39 is 84.5 Å². The van der Waals surface area contributed by atoms with Crippen LogP contribution in [0.5, 0.6) is 0 Å². The number of hydrogen-bond donors (Lipinski definition) is 7. The molecule has 7 N–H and O–H groups in total. The van der Waals surface area contributed by atoms with Gasteiger partial charge in [-0.05, 0) is 51.4 Å². The Bertz CT molecular complexity index is 1340. The van der Waals surface area contributed by atoms with E-state index >= 15 is 0 Å². The van der Waals surface area contributed by atoms with E-state index in [1.54, 1.807) is 42.5 Å². The first-order valence-electron chi connectivity index (χ1n) is 21.3. The van der Waals surface area contributed by atoms with Crippen LogP contribution in [0.2, 0.25) is 0 Å². The van der Waals surface area contributed by atoms with Crippen molar-refractivity contribution in [2.24, 2.45) is 0 Å². The summed E-state index contributed by atoms with van der Waals surface area (Å²) >= 11 is 0. The minimum atomic E-state index is -4.91. The number of hydrogen-bond acceptors (Lipinski definition) is 13. The second kappa shape index (κ2) is 37.3. The van der Waals surface area contributed by atoms with E-state index in [2.05, 4.69) is 35.0 Å². The number of carbonyl (C=O) groups is 2. The molecule has 0 aromatic rings. The third-order valence-electron chi connectivity index (χ3n) is 8.74. The first-order valence-corrected chi connectivity index (χ1v) is 24.3. The van der Waals surface area contributed by atoms with Gasteiger partial charge in [-0.15, -0.1) is 0 Å². The van der Waals surface area contributed by atoms with Crippen LogP contribution in [0.15, 0.2) is 60.8 Å². The van der Waals surface area contributed by atoms with E-state index in [-0.39, 0.29) is 25.7 Å². The van der Waals surface area contributed by atoms with Crippen molar-refractivity contribution in [3.63, 3.8) is 0 Å². The van der Waals surface area contributed by atoms with E-state index in [1.165, 1.54) is 31.8 Å². The van der Waals surface area contributed by atoms with Crippen LogP contribution in [0.25, 0.3) is 0 Å². The lowest BCUT2D eigenvalue weighted by Crippen LogP contribution is -2.30.